The second-order valence-corrected chi connectivity index (χ2v) is 5.73. The highest BCUT2D eigenvalue weighted by atomic mass is 16.3. The van der Waals surface area contributed by atoms with Gasteiger partial charge in [0.2, 0.25) is 0 Å². The fraction of sp³-hybridized carbons (Fsp3) is 0.211. The van der Waals surface area contributed by atoms with E-state index in [-0.39, 0.29) is 18.7 Å². The second kappa shape index (κ2) is 7.19. The summed E-state index contributed by atoms with van der Waals surface area (Å²) in [5, 5.41) is 15.7. The smallest absolute Gasteiger partial charge is 0.315 e. The zero-order valence-electron chi connectivity index (χ0n) is 13.4. The van der Waals surface area contributed by atoms with Gasteiger partial charge in [-0.2, -0.15) is 0 Å². The molecule has 1 unspecified atom stereocenters. The predicted octanol–water partition coefficient (Wildman–Crippen LogP) is 3.20. The van der Waals surface area contributed by atoms with Crippen molar-refractivity contribution >= 4 is 17.0 Å². The molecular formula is C19H20N2O3. The zero-order chi connectivity index (χ0) is 16.9. The number of aliphatic hydroxyl groups excluding tert-OH is 1. The molecule has 0 spiro atoms. The molecule has 2 atom stereocenters. The molecule has 2 aromatic carbocycles. The minimum absolute atomic E-state index is 0.117. The first-order chi connectivity index (χ1) is 11.7. The summed E-state index contributed by atoms with van der Waals surface area (Å²) >= 11 is 0. The number of urea groups is 1. The Morgan fingerprint density at radius 1 is 1.08 bits per heavy atom. The van der Waals surface area contributed by atoms with Gasteiger partial charge in [0, 0.05) is 5.39 Å². The van der Waals surface area contributed by atoms with Crippen LogP contribution in [0.1, 0.15) is 24.3 Å². The van der Waals surface area contributed by atoms with E-state index in [1.54, 1.807) is 6.92 Å². The number of furan rings is 1. The molecule has 2 amide bonds. The molecule has 3 rings (SSSR count). The van der Waals surface area contributed by atoms with Crippen LogP contribution in [0.3, 0.4) is 0 Å². The van der Waals surface area contributed by atoms with Crippen molar-refractivity contribution in [3.8, 4) is 0 Å². The fourth-order valence-corrected chi connectivity index (χ4v) is 2.55. The van der Waals surface area contributed by atoms with Crippen molar-refractivity contribution in [2.24, 2.45) is 0 Å². The summed E-state index contributed by atoms with van der Waals surface area (Å²) in [5.41, 5.74) is 1.70. The Morgan fingerprint density at radius 2 is 1.79 bits per heavy atom. The van der Waals surface area contributed by atoms with E-state index in [2.05, 4.69) is 10.6 Å². The van der Waals surface area contributed by atoms with Gasteiger partial charge in [0.25, 0.3) is 0 Å². The van der Waals surface area contributed by atoms with Crippen LogP contribution in [-0.4, -0.2) is 23.8 Å². The third-order valence-corrected chi connectivity index (χ3v) is 3.79. The van der Waals surface area contributed by atoms with Crippen LogP contribution >= 0.6 is 0 Å². The highest BCUT2D eigenvalue weighted by Crippen LogP contribution is 2.28. The number of benzene rings is 2. The lowest BCUT2D eigenvalue weighted by Crippen LogP contribution is -2.43. The average Bonchev–Trinajstić information content (AvgIpc) is 3.04. The van der Waals surface area contributed by atoms with Crippen LogP contribution in [0.2, 0.25) is 0 Å². The van der Waals surface area contributed by atoms with Crippen molar-refractivity contribution in [1.82, 2.24) is 10.6 Å². The van der Waals surface area contributed by atoms with Crippen LogP contribution in [0.15, 0.2) is 65.1 Å². The summed E-state index contributed by atoms with van der Waals surface area (Å²) in [7, 11) is 0. The van der Waals surface area contributed by atoms with Gasteiger partial charge in [-0.05, 0) is 24.6 Å². The van der Waals surface area contributed by atoms with E-state index >= 15 is 0 Å². The molecule has 3 N–H and O–H groups in total. The minimum Gasteiger partial charge on any atom is -0.459 e. The first kappa shape index (κ1) is 16.1. The molecule has 124 valence electrons. The lowest BCUT2D eigenvalue weighted by atomic mass is 10.0. The quantitative estimate of drug-likeness (QED) is 0.675. The Bertz CT molecular complexity index is 781. The molecule has 1 aromatic heterocycles. The normalized spacial score (nSPS) is 13.4. The molecule has 0 saturated carbocycles. The molecule has 0 aliphatic carbocycles. The average molecular weight is 324 g/mol. The first-order valence-corrected chi connectivity index (χ1v) is 7.88. The molecule has 0 aliphatic heterocycles. The van der Waals surface area contributed by atoms with E-state index in [0.29, 0.717) is 5.76 Å². The minimum atomic E-state index is -0.413. The number of carbonyl (C=O) groups is 1. The number of carbonyl (C=O) groups excluding carboxylic acids is 1. The molecule has 0 radical (unpaired) electrons. The third-order valence-electron chi connectivity index (χ3n) is 3.79. The van der Waals surface area contributed by atoms with Gasteiger partial charge in [-0.3, -0.25) is 0 Å². The number of rotatable bonds is 5. The van der Waals surface area contributed by atoms with Crippen LogP contribution in [0, 0.1) is 0 Å². The number of amides is 2. The summed E-state index contributed by atoms with van der Waals surface area (Å²) in [6.07, 6.45) is 0. The molecule has 0 fully saturated rings. The van der Waals surface area contributed by atoms with Crippen LogP contribution < -0.4 is 10.6 Å². The molecule has 1 heterocycles. The van der Waals surface area contributed by atoms with Crippen molar-refractivity contribution < 1.29 is 14.3 Å². The largest absolute Gasteiger partial charge is 0.459 e. The molecule has 5 nitrogen and oxygen atoms in total. The van der Waals surface area contributed by atoms with Gasteiger partial charge in [-0.1, -0.05) is 48.5 Å². The SMILES string of the molecule is C[C@@H](CO)NC(=O)NC(c1ccccc1)c1cc2ccccc2o1. The molecule has 0 saturated heterocycles. The maximum atomic E-state index is 12.2. The van der Waals surface area contributed by atoms with Gasteiger partial charge in [0.05, 0.1) is 12.6 Å². The Morgan fingerprint density at radius 3 is 2.50 bits per heavy atom. The van der Waals surface area contributed by atoms with Crippen molar-refractivity contribution in [2.45, 2.75) is 19.0 Å². The molecule has 0 aliphatic rings. The number of nitrogens with one attached hydrogen (secondary N) is 2. The maximum Gasteiger partial charge on any atom is 0.315 e. The van der Waals surface area contributed by atoms with Gasteiger partial charge < -0.3 is 20.2 Å². The Balaban J connectivity index is 1.91. The molecule has 5 heteroatoms. The lowest BCUT2D eigenvalue weighted by Gasteiger charge is -2.19. The Kier molecular flexibility index (Phi) is 4.82. The highest BCUT2D eigenvalue weighted by molar-refractivity contribution is 5.79. The van der Waals surface area contributed by atoms with E-state index in [1.807, 2.05) is 60.7 Å². The summed E-state index contributed by atoms with van der Waals surface area (Å²) in [6, 6.07) is 18.2. The standard InChI is InChI=1S/C19H20N2O3/c1-13(12-22)20-19(23)21-18(14-7-3-2-4-8-14)17-11-15-9-5-6-10-16(15)24-17/h2-11,13,18,22H,12H2,1H3,(H2,20,21,23)/t13-,18?/m0/s1. The van der Waals surface area contributed by atoms with Crippen LogP contribution in [0.4, 0.5) is 4.79 Å². The van der Waals surface area contributed by atoms with Gasteiger partial charge >= 0.3 is 6.03 Å². The maximum absolute atomic E-state index is 12.2. The van der Waals surface area contributed by atoms with E-state index in [0.717, 1.165) is 16.5 Å². The summed E-state index contributed by atoms with van der Waals surface area (Å²) < 4.78 is 5.92. The van der Waals surface area contributed by atoms with Gasteiger partial charge in [-0.25, -0.2) is 4.79 Å². The number of fused-ring (bicyclic) bond motifs is 1. The second-order valence-electron chi connectivity index (χ2n) is 5.73. The monoisotopic (exact) mass is 324 g/mol. The molecule has 24 heavy (non-hydrogen) atoms. The molecular weight excluding hydrogens is 304 g/mol. The third kappa shape index (κ3) is 3.58. The van der Waals surface area contributed by atoms with E-state index in [4.69, 9.17) is 9.52 Å². The van der Waals surface area contributed by atoms with Gasteiger partial charge in [0.1, 0.15) is 17.4 Å². The number of hydrogen-bond acceptors (Lipinski definition) is 3. The van der Waals surface area contributed by atoms with Crippen molar-refractivity contribution in [3.05, 3.63) is 72.0 Å². The number of para-hydroxylation sites is 1. The van der Waals surface area contributed by atoms with Crippen LogP contribution in [-0.2, 0) is 0 Å². The Labute approximate surface area is 140 Å². The summed E-state index contributed by atoms with van der Waals surface area (Å²) in [6.45, 7) is 1.62. The van der Waals surface area contributed by atoms with Crippen molar-refractivity contribution in [1.29, 1.82) is 0 Å². The Hall–Kier alpha value is -2.79. The number of hydrogen-bond donors (Lipinski definition) is 3. The predicted molar refractivity (Wildman–Crippen MR) is 92.7 cm³/mol. The zero-order valence-corrected chi connectivity index (χ0v) is 13.4. The van der Waals surface area contributed by atoms with Crippen molar-refractivity contribution in [2.75, 3.05) is 6.61 Å². The van der Waals surface area contributed by atoms with E-state index < -0.39 is 6.04 Å². The molecule has 3 aromatic rings. The van der Waals surface area contributed by atoms with Crippen LogP contribution in [0.25, 0.3) is 11.0 Å². The molecule has 0 bridgehead atoms. The lowest BCUT2D eigenvalue weighted by molar-refractivity contribution is 0.218. The van der Waals surface area contributed by atoms with E-state index in [9.17, 15) is 4.79 Å². The summed E-state index contributed by atoms with van der Waals surface area (Å²) in [4.78, 5) is 12.2. The van der Waals surface area contributed by atoms with E-state index in [1.165, 1.54) is 0 Å². The van der Waals surface area contributed by atoms with Gasteiger partial charge in [-0.15, -0.1) is 0 Å². The highest BCUT2D eigenvalue weighted by Gasteiger charge is 2.21. The van der Waals surface area contributed by atoms with Gasteiger partial charge in [0.15, 0.2) is 0 Å². The number of aliphatic hydroxyl groups is 1. The van der Waals surface area contributed by atoms with Crippen LogP contribution in [0.5, 0.6) is 0 Å². The topological polar surface area (TPSA) is 74.5 Å². The summed E-state index contributed by atoms with van der Waals surface area (Å²) in [5.74, 6) is 0.661. The fourth-order valence-electron chi connectivity index (χ4n) is 2.55. The van der Waals surface area contributed by atoms with Crippen molar-refractivity contribution in [3.63, 3.8) is 0 Å². The first-order valence-electron chi connectivity index (χ1n) is 7.88.